The second-order valence-electron chi connectivity index (χ2n) is 7.29. The van der Waals surface area contributed by atoms with Gasteiger partial charge >= 0.3 is 5.97 Å². The highest BCUT2D eigenvalue weighted by Gasteiger charge is 2.27. The molecule has 1 aromatic carbocycles. The molecule has 1 fully saturated rings. The second-order valence-corrected chi connectivity index (χ2v) is 7.29. The SMILES string of the molecule is CC(OC(=O)c1ccc(COc2ccccc2)o1)C(=O)NC1CCCCC1C. The molecule has 3 rings (SSSR count). The minimum absolute atomic E-state index is 0.0531. The van der Waals surface area contributed by atoms with Crippen molar-refractivity contribution in [3.8, 4) is 5.75 Å². The van der Waals surface area contributed by atoms with E-state index >= 15 is 0 Å². The predicted octanol–water partition coefficient (Wildman–Crippen LogP) is 4.10. The molecule has 0 aliphatic heterocycles. The molecule has 0 radical (unpaired) electrons. The molecular formula is C22H27NO5. The molecule has 1 heterocycles. The Hall–Kier alpha value is -2.76. The molecule has 28 heavy (non-hydrogen) atoms. The number of carbonyl (C=O) groups excluding carboxylic acids is 2. The number of benzene rings is 1. The molecule has 1 saturated carbocycles. The third-order valence-electron chi connectivity index (χ3n) is 5.08. The zero-order valence-electron chi connectivity index (χ0n) is 16.4. The fourth-order valence-electron chi connectivity index (χ4n) is 3.34. The lowest BCUT2D eigenvalue weighted by atomic mass is 9.86. The van der Waals surface area contributed by atoms with Gasteiger partial charge in [-0.3, -0.25) is 4.79 Å². The molecule has 0 bridgehead atoms. The van der Waals surface area contributed by atoms with Crippen LogP contribution >= 0.6 is 0 Å². The van der Waals surface area contributed by atoms with Crippen molar-refractivity contribution in [1.82, 2.24) is 5.32 Å². The summed E-state index contributed by atoms with van der Waals surface area (Å²) in [6.45, 7) is 3.92. The number of rotatable bonds is 7. The van der Waals surface area contributed by atoms with E-state index in [0.717, 1.165) is 19.3 Å². The van der Waals surface area contributed by atoms with Crippen molar-refractivity contribution in [3.63, 3.8) is 0 Å². The first kappa shape index (κ1) is 20.0. The van der Waals surface area contributed by atoms with Crippen LogP contribution in [0.2, 0.25) is 0 Å². The van der Waals surface area contributed by atoms with Crippen LogP contribution in [-0.4, -0.2) is 24.0 Å². The number of amides is 1. The normalized spacial score (nSPS) is 20.2. The fraction of sp³-hybridized carbons (Fsp3) is 0.455. The Morgan fingerprint density at radius 3 is 2.64 bits per heavy atom. The van der Waals surface area contributed by atoms with Crippen LogP contribution in [0.25, 0.3) is 0 Å². The van der Waals surface area contributed by atoms with E-state index in [1.54, 1.807) is 13.0 Å². The van der Waals surface area contributed by atoms with Crippen LogP contribution in [0.3, 0.4) is 0 Å². The minimum Gasteiger partial charge on any atom is -0.486 e. The maximum absolute atomic E-state index is 12.3. The van der Waals surface area contributed by atoms with E-state index in [4.69, 9.17) is 13.9 Å². The van der Waals surface area contributed by atoms with E-state index in [1.165, 1.54) is 12.5 Å². The van der Waals surface area contributed by atoms with Crippen molar-refractivity contribution in [2.75, 3.05) is 0 Å². The number of hydrogen-bond acceptors (Lipinski definition) is 5. The van der Waals surface area contributed by atoms with Gasteiger partial charge in [0.1, 0.15) is 18.1 Å². The van der Waals surface area contributed by atoms with Crippen molar-refractivity contribution < 1.29 is 23.5 Å². The van der Waals surface area contributed by atoms with Crippen molar-refractivity contribution in [2.45, 2.75) is 58.3 Å². The number of furan rings is 1. The van der Waals surface area contributed by atoms with Crippen LogP contribution < -0.4 is 10.1 Å². The van der Waals surface area contributed by atoms with Crippen molar-refractivity contribution in [3.05, 3.63) is 54.0 Å². The van der Waals surface area contributed by atoms with E-state index in [-0.39, 0.29) is 24.3 Å². The Morgan fingerprint density at radius 2 is 1.89 bits per heavy atom. The van der Waals surface area contributed by atoms with Gasteiger partial charge in [0.2, 0.25) is 5.76 Å². The highest BCUT2D eigenvalue weighted by molar-refractivity contribution is 5.90. The van der Waals surface area contributed by atoms with Crippen LogP contribution in [0.5, 0.6) is 5.75 Å². The van der Waals surface area contributed by atoms with Crippen LogP contribution in [0, 0.1) is 5.92 Å². The molecule has 3 unspecified atom stereocenters. The number of hydrogen-bond donors (Lipinski definition) is 1. The fourth-order valence-corrected chi connectivity index (χ4v) is 3.34. The first-order valence-corrected chi connectivity index (χ1v) is 9.81. The molecular weight excluding hydrogens is 358 g/mol. The third kappa shape index (κ3) is 5.38. The monoisotopic (exact) mass is 385 g/mol. The lowest BCUT2D eigenvalue weighted by Crippen LogP contribution is -2.45. The third-order valence-corrected chi connectivity index (χ3v) is 5.08. The topological polar surface area (TPSA) is 77.8 Å². The zero-order chi connectivity index (χ0) is 19.9. The zero-order valence-corrected chi connectivity index (χ0v) is 16.4. The smallest absolute Gasteiger partial charge is 0.375 e. The first-order valence-electron chi connectivity index (χ1n) is 9.81. The van der Waals surface area contributed by atoms with E-state index in [2.05, 4.69) is 12.2 Å². The summed E-state index contributed by atoms with van der Waals surface area (Å²) < 4.78 is 16.3. The van der Waals surface area contributed by atoms with Crippen molar-refractivity contribution in [1.29, 1.82) is 0 Å². The standard InChI is InChI=1S/C22H27NO5/c1-15-8-6-7-11-19(15)23-21(24)16(2)27-22(25)20-13-12-18(28-20)14-26-17-9-4-3-5-10-17/h3-5,9-10,12-13,15-16,19H,6-8,11,14H2,1-2H3,(H,23,24). The minimum atomic E-state index is -0.879. The van der Waals surface area contributed by atoms with Crippen molar-refractivity contribution >= 4 is 11.9 Å². The largest absolute Gasteiger partial charge is 0.486 e. The van der Waals surface area contributed by atoms with Gasteiger partial charge in [0.15, 0.2) is 6.10 Å². The second kappa shape index (κ2) is 9.44. The molecule has 0 saturated heterocycles. The number of carbonyl (C=O) groups is 2. The Morgan fingerprint density at radius 1 is 1.14 bits per heavy atom. The quantitative estimate of drug-likeness (QED) is 0.726. The van der Waals surface area contributed by atoms with E-state index in [0.29, 0.717) is 17.4 Å². The average Bonchev–Trinajstić information content (AvgIpc) is 3.18. The Kier molecular flexibility index (Phi) is 6.74. The molecule has 2 aromatic rings. The maximum Gasteiger partial charge on any atom is 0.375 e. The first-order chi connectivity index (χ1) is 13.5. The Bertz CT molecular complexity index is 785. The summed E-state index contributed by atoms with van der Waals surface area (Å²) in [4.78, 5) is 24.6. The molecule has 6 heteroatoms. The molecule has 3 atom stereocenters. The molecule has 1 N–H and O–H groups in total. The van der Waals surface area contributed by atoms with Gasteiger partial charge in [-0.05, 0) is 49.9 Å². The summed E-state index contributed by atoms with van der Waals surface area (Å²) in [7, 11) is 0. The molecule has 1 aliphatic rings. The van der Waals surface area contributed by atoms with Crippen molar-refractivity contribution in [2.24, 2.45) is 5.92 Å². The number of esters is 1. The molecule has 150 valence electrons. The van der Waals surface area contributed by atoms with Crippen LogP contribution in [0.15, 0.2) is 46.9 Å². The Labute approximate surface area is 165 Å². The van der Waals surface area contributed by atoms with Gasteiger partial charge in [0.05, 0.1) is 0 Å². The van der Waals surface area contributed by atoms with Crippen LogP contribution in [0.1, 0.15) is 55.8 Å². The molecule has 6 nitrogen and oxygen atoms in total. The number of ether oxygens (including phenoxy) is 2. The summed E-state index contributed by atoms with van der Waals surface area (Å²) >= 11 is 0. The lowest BCUT2D eigenvalue weighted by Gasteiger charge is -2.30. The highest BCUT2D eigenvalue weighted by atomic mass is 16.6. The van der Waals surface area contributed by atoms with Crippen LogP contribution in [-0.2, 0) is 16.1 Å². The summed E-state index contributed by atoms with van der Waals surface area (Å²) in [6.07, 6.45) is 3.52. The molecule has 0 spiro atoms. The summed E-state index contributed by atoms with van der Waals surface area (Å²) in [6, 6.07) is 12.7. The van der Waals surface area contributed by atoms with Gasteiger partial charge in [-0.25, -0.2) is 4.79 Å². The molecule has 1 aromatic heterocycles. The van der Waals surface area contributed by atoms with E-state index in [9.17, 15) is 9.59 Å². The summed E-state index contributed by atoms with van der Waals surface area (Å²) in [5.41, 5.74) is 0. The summed E-state index contributed by atoms with van der Waals surface area (Å²) in [5.74, 6) is 0.779. The highest BCUT2D eigenvalue weighted by Crippen LogP contribution is 2.24. The van der Waals surface area contributed by atoms with Gasteiger partial charge in [-0.1, -0.05) is 38.0 Å². The maximum atomic E-state index is 12.3. The Balaban J connectivity index is 1.48. The van der Waals surface area contributed by atoms with Gasteiger partial charge < -0.3 is 19.2 Å². The van der Waals surface area contributed by atoms with Gasteiger partial charge in [0.25, 0.3) is 5.91 Å². The van der Waals surface area contributed by atoms with E-state index in [1.807, 2.05) is 30.3 Å². The lowest BCUT2D eigenvalue weighted by molar-refractivity contribution is -0.130. The van der Waals surface area contributed by atoms with Gasteiger partial charge in [0, 0.05) is 6.04 Å². The predicted molar refractivity (Wildman–Crippen MR) is 104 cm³/mol. The van der Waals surface area contributed by atoms with E-state index < -0.39 is 12.1 Å². The molecule has 1 aliphatic carbocycles. The summed E-state index contributed by atoms with van der Waals surface area (Å²) in [5, 5.41) is 3.00. The van der Waals surface area contributed by atoms with Gasteiger partial charge in [-0.2, -0.15) is 0 Å². The van der Waals surface area contributed by atoms with Gasteiger partial charge in [-0.15, -0.1) is 0 Å². The average molecular weight is 385 g/mol. The molecule has 1 amide bonds. The number of nitrogens with one attached hydrogen (secondary N) is 1. The van der Waals surface area contributed by atoms with Crippen LogP contribution in [0.4, 0.5) is 0 Å². The number of para-hydroxylation sites is 1.